The van der Waals surface area contributed by atoms with Crippen molar-refractivity contribution >= 4 is 33.8 Å². The maximum Gasteiger partial charge on any atom is 0.339 e. The van der Waals surface area contributed by atoms with E-state index in [1.165, 1.54) is 44.7 Å². The number of aryl methyl sites for hydroxylation is 1. The van der Waals surface area contributed by atoms with E-state index in [9.17, 15) is 13.2 Å². The SMILES string of the molecule is COc1cc(C)ccc1C(=O)N/N=C\c1cc(Cl)c(OS(=O)(=O)c2ccccc2)c(OC)c1. The van der Waals surface area contributed by atoms with Crippen LogP contribution in [-0.2, 0) is 10.1 Å². The van der Waals surface area contributed by atoms with Crippen LogP contribution >= 0.6 is 11.6 Å². The molecular formula is C23H21ClN2O6S. The third kappa shape index (κ3) is 5.82. The van der Waals surface area contributed by atoms with Crippen LogP contribution in [-0.4, -0.2) is 34.8 Å². The molecule has 0 aliphatic carbocycles. The van der Waals surface area contributed by atoms with E-state index in [-0.39, 0.29) is 21.4 Å². The van der Waals surface area contributed by atoms with E-state index in [0.717, 1.165) is 5.56 Å². The van der Waals surface area contributed by atoms with Crippen LogP contribution in [0, 0.1) is 6.92 Å². The Morgan fingerprint density at radius 3 is 2.36 bits per heavy atom. The van der Waals surface area contributed by atoms with Crippen LogP contribution in [0.15, 0.2) is 70.7 Å². The van der Waals surface area contributed by atoms with Gasteiger partial charge in [0.2, 0.25) is 5.75 Å². The first kappa shape index (κ1) is 24.1. The number of methoxy groups -OCH3 is 2. The highest BCUT2D eigenvalue weighted by Gasteiger charge is 2.22. The predicted molar refractivity (Wildman–Crippen MR) is 125 cm³/mol. The van der Waals surface area contributed by atoms with Crippen molar-refractivity contribution in [2.24, 2.45) is 5.10 Å². The summed E-state index contributed by atoms with van der Waals surface area (Å²) < 4.78 is 40.8. The first-order valence-electron chi connectivity index (χ1n) is 9.60. The second-order valence-electron chi connectivity index (χ2n) is 6.79. The minimum Gasteiger partial charge on any atom is -0.496 e. The largest absolute Gasteiger partial charge is 0.496 e. The van der Waals surface area contributed by atoms with Gasteiger partial charge in [0.1, 0.15) is 10.6 Å². The molecule has 0 saturated carbocycles. The molecule has 10 heteroatoms. The topological polar surface area (TPSA) is 103 Å². The van der Waals surface area contributed by atoms with Crippen LogP contribution in [0.2, 0.25) is 5.02 Å². The van der Waals surface area contributed by atoms with Crippen LogP contribution in [0.3, 0.4) is 0 Å². The number of nitrogens with one attached hydrogen (secondary N) is 1. The number of benzene rings is 3. The Labute approximate surface area is 196 Å². The van der Waals surface area contributed by atoms with Crippen molar-refractivity contribution in [3.8, 4) is 17.2 Å². The Bertz CT molecular complexity index is 1290. The lowest BCUT2D eigenvalue weighted by molar-refractivity contribution is 0.0952. The number of ether oxygens (including phenoxy) is 2. The van der Waals surface area contributed by atoms with Crippen molar-refractivity contribution in [1.29, 1.82) is 0 Å². The van der Waals surface area contributed by atoms with E-state index in [4.69, 9.17) is 25.3 Å². The molecular weight excluding hydrogens is 468 g/mol. The summed E-state index contributed by atoms with van der Waals surface area (Å²) in [6, 6.07) is 15.7. The van der Waals surface area contributed by atoms with E-state index in [0.29, 0.717) is 16.9 Å². The van der Waals surface area contributed by atoms with Crippen molar-refractivity contribution in [2.75, 3.05) is 14.2 Å². The summed E-state index contributed by atoms with van der Waals surface area (Å²) >= 11 is 6.26. The zero-order valence-electron chi connectivity index (χ0n) is 18.0. The summed E-state index contributed by atoms with van der Waals surface area (Å²) in [5.74, 6) is -0.118. The van der Waals surface area contributed by atoms with Gasteiger partial charge >= 0.3 is 10.1 Å². The summed E-state index contributed by atoms with van der Waals surface area (Å²) in [6.07, 6.45) is 1.34. The molecule has 1 amide bonds. The molecule has 0 atom stereocenters. The second kappa shape index (κ2) is 10.4. The maximum atomic E-state index is 12.5. The number of amides is 1. The van der Waals surface area contributed by atoms with Gasteiger partial charge in [0, 0.05) is 0 Å². The minimum atomic E-state index is -4.12. The third-order valence-corrected chi connectivity index (χ3v) is 5.97. The zero-order valence-corrected chi connectivity index (χ0v) is 19.6. The summed E-state index contributed by atoms with van der Waals surface area (Å²) in [5, 5.41) is 3.92. The molecule has 0 aromatic heterocycles. The molecule has 33 heavy (non-hydrogen) atoms. The first-order chi connectivity index (χ1) is 15.7. The van der Waals surface area contributed by atoms with E-state index in [1.807, 2.05) is 6.92 Å². The maximum absolute atomic E-state index is 12.5. The van der Waals surface area contributed by atoms with E-state index < -0.39 is 16.0 Å². The van der Waals surface area contributed by atoms with Gasteiger partial charge in [-0.1, -0.05) is 35.9 Å². The molecule has 1 N–H and O–H groups in total. The molecule has 0 radical (unpaired) electrons. The molecule has 0 aliphatic rings. The molecule has 0 spiro atoms. The highest BCUT2D eigenvalue weighted by Crippen LogP contribution is 2.38. The van der Waals surface area contributed by atoms with Gasteiger partial charge < -0.3 is 13.7 Å². The smallest absolute Gasteiger partial charge is 0.339 e. The molecule has 0 aliphatic heterocycles. The molecule has 0 fully saturated rings. The first-order valence-corrected chi connectivity index (χ1v) is 11.4. The van der Waals surface area contributed by atoms with Gasteiger partial charge in [-0.25, -0.2) is 5.43 Å². The fourth-order valence-corrected chi connectivity index (χ4v) is 4.13. The number of carbonyl (C=O) groups excluding carboxylic acids is 1. The molecule has 0 unspecified atom stereocenters. The normalized spacial score (nSPS) is 11.3. The van der Waals surface area contributed by atoms with Crippen molar-refractivity contribution in [3.05, 3.63) is 82.4 Å². The number of rotatable bonds is 8. The van der Waals surface area contributed by atoms with Gasteiger partial charge in [-0.15, -0.1) is 0 Å². The van der Waals surface area contributed by atoms with E-state index >= 15 is 0 Å². The van der Waals surface area contributed by atoms with Gasteiger partial charge in [-0.2, -0.15) is 13.5 Å². The van der Waals surface area contributed by atoms with Gasteiger partial charge in [0.05, 0.1) is 31.0 Å². The average molecular weight is 489 g/mol. The Kier molecular flexibility index (Phi) is 7.57. The van der Waals surface area contributed by atoms with Crippen LogP contribution in [0.1, 0.15) is 21.5 Å². The lowest BCUT2D eigenvalue weighted by atomic mass is 10.1. The molecule has 3 aromatic carbocycles. The van der Waals surface area contributed by atoms with Gasteiger partial charge in [-0.3, -0.25) is 4.79 Å². The van der Waals surface area contributed by atoms with E-state index in [2.05, 4.69) is 10.5 Å². The van der Waals surface area contributed by atoms with Crippen molar-refractivity contribution in [3.63, 3.8) is 0 Å². The third-order valence-electron chi connectivity index (χ3n) is 4.46. The monoisotopic (exact) mass is 488 g/mol. The number of carbonyl (C=O) groups is 1. The number of hydrogen-bond acceptors (Lipinski definition) is 7. The Hall–Kier alpha value is -3.56. The Balaban J connectivity index is 1.80. The predicted octanol–water partition coefficient (Wildman–Crippen LogP) is 4.20. The lowest BCUT2D eigenvalue weighted by Gasteiger charge is -2.13. The second-order valence-corrected chi connectivity index (χ2v) is 8.74. The Morgan fingerprint density at radius 1 is 1.00 bits per heavy atom. The molecule has 3 rings (SSSR count). The number of hydrazone groups is 1. The van der Waals surface area contributed by atoms with Crippen LogP contribution in [0.5, 0.6) is 17.2 Å². The summed E-state index contributed by atoms with van der Waals surface area (Å²) in [7, 11) is -1.29. The standard InChI is InChI=1S/C23H21ClN2O6S/c1-15-9-10-18(20(11-15)30-2)23(27)26-25-14-16-12-19(24)22(21(13-16)31-3)32-33(28,29)17-7-5-4-6-8-17/h4-14H,1-3H3,(H,26,27)/b25-14-. The van der Waals surface area contributed by atoms with Crippen LogP contribution in [0.25, 0.3) is 0 Å². The summed E-state index contributed by atoms with van der Waals surface area (Å²) in [5.41, 5.74) is 4.13. The van der Waals surface area contributed by atoms with E-state index in [1.54, 1.807) is 36.4 Å². The van der Waals surface area contributed by atoms with Crippen molar-refractivity contribution in [1.82, 2.24) is 5.43 Å². The lowest BCUT2D eigenvalue weighted by Crippen LogP contribution is -2.18. The average Bonchev–Trinajstić information content (AvgIpc) is 2.80. The van der Waals surface area contributed by atoms with Gasteiger partial charge in [-0.05, 0) is 54.4 Å². The number of halogens is 1. The van der Waals surface area contributed by atoms with Crippen molar-refractivity contribution < 1.29 is 26.9 Å². The fourth-order valence-electron chi connectivity index (χ4n) is 2.85. The summed E-state index contributed by atoms with van der Waals surface area (Å²) in [6.45, 7) is 1.89. The van der Waals surface area contributed by atoms with Gasteiger partial charge in [0.15, 0.2) is 5.75 Å². The van der Waals surface area contributed by atoms with Crippen molar-refractivity contribution in [2.45, 2.75) is 11.8 Å². The number of hydrogen-bond donors (Lipinski definition) is 1. The molecule has 8 nitrogen and oxygen atoms in total. The van der Waals surface area contributed by atoms with Crippen LogP contribution < -0.4 is 19.1 Å². The van der Waals surface area contributed by atoms with Gasteiger partial charge in [0.25, 0.3) is 5.91 Å². The van der Waals surface area contributed by atoms with Crippen LogP contribution in [0.4, 0.5) is 0 Å². The molecule has 0 bridgehead atoms. The minimum absolute atomic E-state index is 0.0122. The Morgan fingerprint density at radius 2 is 1.70 bits per heavy atom. The fraction of sp³-hybridized carbons (Fsp3) is 0.130. The highest BCUT2D eigenvalue weighted by molar-refractivity contribution is 7.87. The molecule has 0 saturated heterocycles. The molecule has 0 heterocycles. The molecule has 172 valence electrons. The highest BCUT2D eigenvalue weighted by atomic mass is 35.5. The zero-order chi connectivity index (χ0) is 24.0. The quantitative estimate of drug-likeness (QED) is 0.289. The number of nitrogens with zero attached hydrogens (tertiary/aromatic N) is 1. The molecule has 3 aromatic rings. The summed E-state index contributed by atoms with van der Waals surface area (Å²) in [4.78, 5) is 12.4.